The Labute approximate surface area is 189 Å². The molecular formula is C28H26N2S. The van der Waals surface area contributed by atoms with E-state index in [-0.39, 0.29) is 6.04 Å². The maximum absolute atomic E-state index is 4.39. The first-order valence-electron chi connectivity index (χ1n) is 10.7. The smallest absolute Gasteiger partial charge is 0.0655 e. The van der Waals surface area contributed by atoms with Crippen molar-refractivity contribution in [1.82, 2.24) is 0 Å². The van der Waals surface area contributed by atoms with Gasteiger partial charge in [0.2, 0.25) is 0 Å². The van der Waals surface area contributed by atoms with Crippen molar-refractivity contribution in [2.75, 3.05) is 16.0 Å². The normalized spacial score (nSPS) is 22.2. The highest BCUT2D eigenvalue weighted by atomic mass is 32.2. The van der Waals surface area contributed by atoms with Crippen molar-refractivity contribution in [2.24, 2.45) is 0 Å². The molecule has 2 heterocycles. The van der Waals surface area contributed by atoms with E-state index in [1.807, 2.05) is 18.0 Å². The fourth-order valence-corrected chi connectivity index (χ4v) is 5.55. The van der Waals surface area contributed by atoms with Crippen LogP contribution in [0.2, 0.25) is 0 Å². The molecule has 0 amide bonds. The van der Waals surface area contributed by atoms with Crippen molar-refractivity contribution in [1.29, 1.82) is 0 Å². The number of anilines is 2. The van der Waals surface area contributed by atoms with Gasteiger partial charge < -0.3 is 10.2 Å². The quantitative estimate of drug-likeness (QED) is 0.545. The lowest BCUT2D eigenvalue weighted by molar-refractivity contribution is 0.740. The summed E-state index contributed by atoms with van der Waals surface area (Å²) in [4.78, 5) is 3.67. The van der Waals surface area contributed by atoms with Gasteiger partial charge in [0.25, 0.3) is 0 Å². The molecule has 0 radical (unpaired) electrons. The Hall–Kier alpha value is -3.17. The molecule has 0 spiro atoms. The zero-order chi connectivity index (χ0) is 21.2. The molecule has 2 aromatic carbocycles. The molecule has 5 rings (SSSR count). The zero-order valence-electron chi connectivity index (χ0n) is 17.6. The van der Waals surface area contributed by atoms with Gasteiger partial charge >= 0.3 is 0 Å². The lowest BCUT2D eigenvalue weighted by Crippen LogP contribution is -2.33. The summed E-state index contributed by atoms with van der Waals surface area (Å²) >= 11 is 1.93. The molecule has 3 heteroatoms. The number of benzene rings is 2. The SMILES string of the molecule is C=C1/C=C(/C2=CC=CC(N3C(=C)C=CNc4ccccc43)C2)CCSc2ccccc21. The second-order valence-corrected chi connectivity index (χ2v) is 9.13. The van der Waals surface area contributed by atoms with Gasteiger partial charge in [-0.25, -0.2) is 0 Å². The monoisotopic (exact) mass is 422 g/mol. The number of thioether (sulfide) groups is 1. The number of fused-ring (bicyclic) bond motifs is 2. The van der Waals surface area contributed by atoms with Crippen LogP contribution in [-0.4, -0.2) is 11.8 Å². The van der Waals surface area contributed by atoms with Crippen LogP contribution in [0.15, 0.2) is 120 Å². The van der Waals surface area contributed by atoms with Crippen molar-refractivity contribution in [3.05, 3.63) is 121 Å². The summed E-state index contributed by atoms with van der Waals surface area (Å²) < 4.78 is 0. The highest BCUT2D eigenvalue weighted by Crippen LogP contribution is 2.39. The summed E-state index contributed by atoms with van der Waals surface area (Å²) in [6, 6.07) is 17.2. The van der Waals surface area contributed by atoms with E-state index < -0.39 is 0 Å². The van der Waals surface area contributed by atoms with Crippen molar-refractivity contribution in [3.63, 3.8) is 0 Å². The number of nitrogens with one attached hydrogen (secondary N) is 1. The van der Waals surface area contributed by atoms with Gasteiger partial charge in [0.1, 0.15) is 0 Å². The molecule has 0 saturated heterocycles. The molecule has 0 aromatic heterocycles. The van der Waals surface area contributed by atoms with Gasteiger partial charge in [-0.05, 0) is 59.4 Å². The van der Waals surface area contributed by atoms with E-state index in [2.05, 4.69) is 102 Å². The molecule has 1 unspecified atom stereocenters. The van der Waals surface area contributed by atoms with Gasteiger partial charge in [-0.2, -0.15) is 0 Å². The average molecular weight is 423 g/mol. The van der Waals surface area contributed by atoms with Gasteiger partial charge in [0.15, 0.2) is 0 Å². The van der Waals surface area contributed by atoms with E-state index in [0.717, 1.165) is 41.2 Å². The van der Waals surface area contributed by atoms with Crippen LogP contribution in [0.3, 0.4) is 0 Å². The van der Waals surface area contributed by atoms with E-state index >= 15 is 0 Å². The maximum atomic E-state index is 4.39. The predicted molar refractivity (Wildman–Crippen MR) is 135 cm³/mol. The summed E-state index contributed by atoms with van der Waals surface area (Å²) in [5.74, 6) is 1.08. The average Bonchev–Trinajstić information content (AvgIpc) is 2.95. The van der Waals surface area contributed by atoms with Gasteiger partial charge in [0.05, 0.1) is 17.4 Å². The second kappa shape index (κ2) is 8.52. The standard InChI is InChI=1S/C28H26N2S/c1-20-18-23(15-17-31-28-13-6-3-10-25(20)28)22-8-7-9-24(19-22)30-21(2)14-16-29-26-11-4-5-12-27(26)30/h3-14,16,18,24,29H,1-2,15,17,19H2/b23-18+. The summed E-state index contributed by atoms with van der Waals surface area (Å²) in [7, 11) is 0. The number of nitrogens with zero attached hydrogens (tertiary/aromatic N) is 1. The molecular weight excluding hydrogens is 396 g/mol. The molecule has 1 aliphatic carbocycles. The van der Waals surface area contributed by atoms with E-state index in [0.29, 0.717) is 0 Å². The topological polar surface area (TPSA) is 15.3 Å². The lowest BCUT2D eigenvalue weighted by Gasteiger charge is -2.35. The number of rotatable bonds is 2. The molecule has 154 valence electrons. The fourth-order valence-electron chi connectivity index (χ4n) is 4.48. The largest absolute Gasteiger partial charge is 0.360 e. The molecule has 2 aliphatic heterocycles. The number of para-hydroxylation sites is 2. The minimum atomic E-state index is 0.220. The molecule has 0 fully saturated rings. The van der Waals surface area contributed by atoms with Crippen molar-refractivity contribution in [2.45, 2.75) is 23.8 Å². The minimum Gasteiger partial charge on any atom is -0.360 e. The molecule has 1 atom stereocenters. The molecule has 2 aromatic rings. The van der Waals surface area contributed by atoms with Gasteiger partial charge in [-0.3, -0.25) is 0 Å². The van der Waals surface area contributed by atoms with Crippen molar-refractivity contribution >= 4 is 28.7 Å². The molecule has 0 saturated carbocycles. The Morgan fingerprint density at radius 3 is 2.77 bits per heavy atom. The third-order valence-corrected chi connectivity index (χ3v) is 7.08. The van der Waals surface area contributed by atoms with Gasteiger partial charge in [0, 0.05) is 22.5 Å². The van der Waals surface area contributed by atoms with Crippen LogP contribution in [0.1, 0.15) is 18.4 Å². The Balaban J connectivity index is 1.45. The van der Waals surface area contributed by atoms with Crippen LogP contribution in [0, 0.1) is 0 Å². The Morgan fingerprint density at radius 1 is 1.00 bits per heavy atom. The molecule has 0 bridgehead atoms. The van der Waals surface area contributed by atoms with E-state index in [1.54, 1.807) is 0 Å². The second-order valence-electron chi connectivity index (χ2n) is 7.99. The first kappa shape index (κ1) is 19.8. The van der Waals surface area contributed by atoms with Crippen molar-refractivity contribution < 1.29 is 0 Å². The van der Waals surface area contributed by atoms with Gasteiger partial charge in [-0.1, -0.05) is 67.8 Å². The van der Waals surface area contributed by atoms with Crippen LogP contribution in [-0.2, 0) is 0 Å². The summed E-state index contributed by atoms with van der Waals surface area (Å²) in [5.41, 5.74) is 8.39. The maximum Gasteiger partial charge on any atom is 0.0655 e. The highest BCUT2D eigenvalue weighted by Gasteiger charge is 2.26. The van der Waals surface area contributed by atoms with E-state index in [9.17, 15) is 0 Å². The van der Waals surface area contributed by atoms with Crippen LogP contribution in [0.4, 0.5) is 11.4 Å². The molecule has 3 aliphatic rings. The third kappa shape index (κ3) is 3.94. The van der Waals surface area contributed by atoms with E-state index in [1.165, 1.54) is 21.6 Å². The first-order valence-corrected chi connectivity index (χ1v) is 11.7. The summed E-state index contributed by atoms with van der Waals surface area (Å²) in [6.07, 6.45) is 15.1. The zero-order valence-corrected chi connectivity index (χ0v) is 18.4. The first-order chi connectivity index (χ1) is 15.2. The number of hydrogen-bond donors (Lipinski definition) is 1. The highest BCUT2D eigenvalue weighted by molar-refractivity contribution is 7.99. The predicted octanol–water partition coefficient (Wildman–Crippen LogP) is 7.34. The Kier molecular flexibility index (Phi) is 5.44. The molecule has 1 N–H and O–H groups in total. The Bertz CT molecular complexity index is 1170. The van der Waals surface area contributed by atoms with E-state index in [4.69, 9.17) is 0 Å². The minimum absolute atomic E-state index is 0.220. The van der Waals surface area contributed by atoms with Crippen LogP contribution in [0.5, 0.6) is 0 Å². The molecule has 2 nitrogen and oxygen atoms in total. The number of hydrogen-bond acceptors (Lipinski definition) is 3. The third-order valence-electron chi connectivity index (χ3n) is 6.00. The molecule has 31 heavy (non-hydrogen) atoms. The van der Waals surface area contributed by atoms with Crippen molar-refractivity contribution in [3.8, 4) is 0 Å². The van der Waals surface area contributed by atoms with Crippen LogP contribution in [0.25, 0.3) is 5.57 Å². The summed E-state index contributed by atoms with van der Waals surface area (Å²) in [5, 5.41) is 3.38. The van der Waals surface area contributed by atoms with Crippen LogP contribution >= 0.6 is 11.8 Å². The number of allylic oxidation sites excluding steroid dienone is 6. The fraction of sp³-hybridized carbons (Fsp3) is 0.143. The van der Waals surface area contributed by atoms with Gasteiger partial charge in [-0.15, -0.1) is 11.8 Å². The Morgan fingerprint density at radius 2 is 1.84 bits per heavy atom. The van der Waals surface area contributed by atoms with Crippen LogP contribution < -0.4 is 10.2 Å². The summed E-state index contributed by atoms with van der Waals surface area (Å²) in [6.45, 7) is 8.73. The lowest BCUT2D eigenvalue weighted by atomic mass is 9.89.